The molecule has 0 aromatic carbocycles. The number of ether oxygens (including phenoxy) is 5. The monoisotopic (exact) mass is 1120 g/mol. The molecule has 9 saturated carbocycles. The first kappa shape index (κ1) is 66.9. The second-order valence-electron chi connectivity index (χ2n) is 27.3. The fraction of sp³-hybridized carbons (Fsp3) is 0.941. The van der Waals surface area contributed by atoms with Gasteiger partial charge in [0.05, 0.1) is 32.8 Å². The van der Waals surface area contributed by atoms with Gasteiger partial charge in [0.1, 0.15) is 0 Å². The molecular weight excluding hydrogens is 1000 g/mol. The number of hydrogen-bond donors (Lipinski definition) is 1. The van der Waals surface area contributed by atoms with Gasteiger partial charge in [0, 0.05) is 45.5 Å². The number of unbranched alkanes of at least 4 members (excludes halogenated alkanes) is 15. The molecule has 0 amide bonds. The number of nitrogens with zero attached hydrogens (tertiary/aromatic N) is 2. The normalized spacial score (nSPS) is 25.3. The van der Waals surface area contributed by atoms with Gasteiger partial charge in [0.25, 0.3) is 0 Å². The first-order valence-corrected chi connectivity index (χ1v) is 34.4. The molecule has 0 aliphatic heterocycles. The highest BCUT2D eigenvalue weighted by molar-refractivity contribution is 5.70. The molecule has 1 unspecified atom stereocenters. The quantitative estimate of drug-likeness (QED) is 0.0268. The van der Waals surface area contributed by atoms with Crippen molar-refractivity contribution >= 4 is 23.9 Å². The third kappa shape index (κ3) is 26.7. The smallest absolute Gasteiger partial charge is 0.309 e. The summed E-state index contributed by atoms with van der Waals surface area (Å²) in [5.74, 6) is 2.60. The Kier molecular flexibility index (Phi) is 32.3. The molecular formula is C68H120N2O10. The van der Waals surface area contributed by atoms with E-state index in [2.05, 4.69) is 9.80 Å². The molecule has 9 fully saturated rings. The van der Waals surface area contributed by atoms with Crippen molar-refractivity contribution in [2.45, 2.75) is 302 Å². The molecule has 80 heavy (non-hydrogen) atoms. The highest BCUT2D eigenvalue weighted by Gasteiger charge is 2.42. The van der Waals surface area contributed by atoms with Crippen LogP contribution in [0, 0.1) is 34.0 Å². The third-order valence-electron chi connectivity index (χ3n) is 21.3. The first-order chi connectivity index (χ1) is 39.0. The highest BCUT2D eigenvalue weighted by Crippen LogP contribution is 2.54. The summed E-state index contributed by atoms with van der Waals surface area (Å²) in [5, 5.41) is 9.54. The van der Waals surface area contributed by atoms with E-state index in [0.29, 0.717) is 74.9 Å². The van der Waals surface area contributed by atoms with Crippen molar-refractivity contribution in [1.82, 2.24) is 9.80 Å². The Morgan fingerprint density at radius 2 is 0.675 bits per heavy atom. The van der Waals surface area contributed by atoms with Crippen LogP contribution in [0.5, 0.6) is 0 Å². The van der Waals surface area contributed by atoms with Gasteiger partial charge in [-0.15, -0.1) is 0 Å². The molecule has 0 aromatic heterocycles. The van der Waals surface area contributed by atoms with Crippen LogP contribution in [0.2, 0.25) is 0 Å². The van der Waals surface area contributed by atoms with Crippen LogP contribution in [0.4, 0.5) is 0 Å². The Morgan fingerprint density at radius 1 is 0.375 bits per heavy atom. The molecule has 9 aliphatic rings. The van der Waals surface area contributed by atoms with Gasteiger partial charge >= 0.3 is 23.9 Å². The zero-order chi connectivity index (χ0) is 56.4. The predicted octanol–water partition coefficient (Wildman–Crippen LogP) is 15.6. The summed E-state index contributed by atoms with van der Waals surface area (Å²) in [6, 6.07) is 0. The zero-order valence-corrected chi connectivity index (χ0v) is 51.4. The van der Waals surface area contributed by atoms with Crippen LogP contribution in [0.3, 0.4) is 0 Å². The van der Waals surface area contributed by atoms with Crippen LogP contribution in [-0.4, -0.2) is 117 Å². The van der Waals surface area contributed by atoms with E-state index in [1.165, 1.54) is 122 Å². The number of aliphatic hydroxyl groups excluding tert-OH is 1. The largest absolute Gasteiger partial charge is 0.466 e. The number of aliphatic hydroxyl groups is 1. The number of carbonyl (C=O) groups is 4. The van der Waals surface area contributed by atoms with Crippen LogP contribution in [0.1, 0.15) is 296 Å². The van der Waals surface area contributed by atoms with E-state index >= 15 is 0 Å². The SMILES string of the molecule is CC(OCCCN(CCCO)CCCCCCCCC(=O)OCCC12CCC(CC1)CC2)OC(=O)CCN(CCCCCCCCC(=O)OCCC12CCC(CC1)CC2)CCCCCCCCC(=O)OCCC12CCC(CC1)CC2. The van der Waals surface area contributed by atoms with E-state index in [1.807, 2.05) is 6.92 Å². The molecule has 12 heteroatoms. The fourth-order valence-electron chi connectivity index (χ4n) is 15.5. The molecule has 9 aliphatic carbocycles. The van der Waals surface area contributed by atoms with Crippen LogP contribution >= 0.6 is 0 Å². The van der Waals surface area contributed by atoms with E-state index in [0.717, 1.165) is 192 Å². The minimum Gasteiger partial charge on any atom is -0.466 e. The van der Waals surface area contributed by atoms with Gasteiger partial charge in [0.15, 0.2) is 6.29 Å². The van der Waals surface area contributed by atoms with Crippen molar-refractivity contribution < 1.29 is 48.0 Å². The lowest BCUT2D eigenvalue weighted by Crippen LogP contribution is -2.35. The van der Waals surface area contributed by atoms with Crippen LogP contribution in [-0.2, 0) is 42.9 Å². The Hall–Kier alpha value is -2.28. The van der Waals surface area contributed by atoms with Gasteiger partial charge in [-0.3, -0.25) is 19.2 Å². The maximum absolute atomic E-state index is 13.1. The maximum Gasteiger partial charge on any atom is 0.309 e. The highest BCUT2D eigenvalue weighted by atomic mass is 16.7. The molecule has 462 valence electrons. The van der Waals surface area contributed by atoms with E-state index in [9.17, 15) is 24.3 Å². The maximum atomic E-state index is 13.1. The van der Waals surface area contributed by atoms with Crippen molar-refractivity contribution in [2.75, 3.05) is 72.3 Å². The second kappa shape index (κ2) is 38.6. The third-order valence-corrected chi connectivity index (χ3v) is 21.3. The fourth-order valence-corrected chi connectivity index (χ4v) is 15.5. The average molecular weight is 1130 g/mol. The standard InChI is InChI=1S/C68H120N2O10/c1-58(76-54-21-51-69(50-20-53-71)47-17-11-5-2-8-14-22-62(72)77-55-44-66-35-25-59(26-36-66)27-37-66)80-65(75)34-52-70(48-18-12-6-3-9-15-23-63(73)78-56-45-67-38-28-60(29-39-67)30-40-67)49-19-13-7-4-10-16-24-64(74)79-57-46-68-41-31-61(32-42-68)33-43-68/h58-61,71H,2-57H2,1H3. The van der Waals surface area contributed by atoms with E-state index < -0.39 is 6.29 Å². The summed E-state index contributed by atoms with van der Waals surface area (Å²) in [6.45, 7) is 9.64. The Labute approximate surface area is 488 Å². The van der Waals surface area contributed by atoms with Gasteiger partial charge in [-0.1, -0.05) is 77.0 Å². The zero-order valence-electron chi connectivity index (χ0n) is 51.4. The number of carbonyl (C=O) groups excluding carboxylic acids is 4. The number of esters is 4. The van der Waals surface area contributed by atoms with Gasteiger partial charge in [-0.25, -0.2) is 0 Å². The number of rotatable bonds is 48. The number of hydrogen-bond acceptors (Lipinski definition) is 12. The molecule has 0 saturated heterocycles. The van der Waals surface area contributed by atoms with Crippen LogP contribution in [0.25, 0.3) is 0 Å². The summed E-state index contributed by atoms with van der Waals surface area (Å²) < 4.78 is 28.8. The lowest BCUT2D eigenvalue weighted by atomic mass is 9.59. The first-order valence-electron chi connectivity index (χ1n) is 34.4. The predicted molar refractivity (Wildman–Crippen MR) is 320 cm³/mol. The van der Waals surface area contributed by atoms with Crippen LogP contribution in [0.15, 0.2) is 0 Å². The van der Waals surface area contributed by atoms with Gasteiger partial charge < -0.3 is 38.6 Å². The lowest BCUT2D eigenvalue weighted by Gasteiger charge is -2.46. The molecule has 6 bridgehead atoms. The Morgan fingerprint density at radius 3 is 1.02 bits per heavy atom. The average Bonchev–Trinajstić information content (AvgIpc) is 3.53. The van der Waals surface area contributed by atoms with Gasteiger partial charge in [-0.2, -0.15) is 0 Å². The van der Waals surface area contributed by atoms with E-state index in [4.69, 9.17) is 23.7 Å². The summed E-state index contributed by atoms with van der Waals surface area (Å²) in [4.78, 5) is 55.3. The topological polar surface area (TPSA) is 141 Å². The minimum absolute atomic E-state index is 0.0189. The van der Waals surface area contributed by atoms with Crippen molar-refractivity contribution in [3.05, 3.63) is 0 Å². The molecule has 0 aromatic rings. The summed E-state index contributed by atoms with van der Waals surface area (Å²) in [5.41, 5.74) is 1.37. The van der Waals surface area contributed by atoms with Crippen molar-refractivity contribution in [3.8, 4) is 0 Å². The van der Waals surface area contributed by atoms with E-state index in [1.54, 1.807) is 0 Å². The molecule has 1 atom stereocenters. The molecule has 0 radical (unpaired) electrons. The van der Waals surface area contributed by atoms with E-state index in [-0.39, 0.29) is 30.5 Å². The molecule has 1 N–H and O–H groups in total. The van der Waals surface area contributed by atoms with Crippen molar-refractivity contribution in [3.63, 3.8) is 0 Å². The van der Waals surface area contributed by atoms with Crippen molar-refractivity contribution in [2.24, 2.45) is 34.0 Å². The number of fused-ring (bicyclic) bond motifs is 9. The Bertz CT molecular complexity index is 1580. The molecule has 0 spiro atoms. The minimum atomic E-state index is -0.601. The molecule has 0 heterocycles. The van der Waals surface area contributed by atoms with Gasteiger partial charge in [-0.05, 0) is 247 Å². The molecule has 9 rings (SSSR count). The summed E-state index contributed by atoms with van der Waals surface area (Å²) >= 11 is 0. The molecule has 12 nitrogen and oxygen atoms in total. The second-order valence-corrected chi connectivity index (χ2v) is 27.3. The van der Waals surface area contributed by atoms with Crippen molar-refractivity contribution in [1.29, 1.82) is 0 Å². The summed E-state index contributed by atoms with van der Waals surface area (Å²) in [7, 11) is 0. The lowest BCUT2D eigenvalue weighted by molar-refractivity contribution is -0.175. The Balaban J connectivity index is 0.774. The van der Waals surface area contributed by atoms with Gasteiger partial charge in [0.2, 0.25) is 0 Å². The van der Waals surface area contributed by atoms with Crippen LogP contribution < -0.4 is 0 Å². The summed E-state index contributed by atoms with van der Waals surface area (Å²) in [6.07, 6.45) is 50.0.